The quantitative estimate of drug-likeness (QED) is 0.756. The van der Waals surface area contributed by atoms with Crippen LogP contribution in [0.25, 0.3) is 10.9 Å². The van der Waals surface area contributed by atoms with Crippen molar-refractivity contribution in [1.29, 1.82) is 0 Å². The van der Waals surface area contributed by atoms with Crippen molar-refractivity contribution < 1.29 is 4.79 Å². The molecule has 1 amide bonds. The van der Waals surface area contributed by atoms with E-state index in [1.165, 1.54) is 17.4 Å². The van der Waals surface area contributed by atoms with Crippen molar-refractivity contribution in [2.75, 3.05) is 5.32 Å². The van der Waals surface area contributed by atoms with E-state index in [9.17, 15) is 9.59 Å². The molecule has 0 spiro atoms. The molecule has 3 rings (SSSR count). The molecule has 0 saturated heterocycles. The molecular weight excluding hydrogens is 348 g/mol. The van der Waals surface area contributed by atoms with Crippen LogP contribution in [0.15, 0.2) is 35.3 Å². The van der Waals surface area contributed by atoms with Crippen LogP contribution in [0.3, 0.4) is 0 Å². The number of carbonyl (C=O) groups excluding carboxylic acids is 1. The standard InChI is InChI=1S/C16H15ClN4O2S/c1-2-3-15-19-20-16(24-15)18-14(23)9-21-7-6-13(22)11-8-10(17)4-5-12(11)21/h4-8H,2-3,9H2,1H3,(H,18,20,23). The van der Waals surface area contributed by atoms with Gasteiger partial charge < -0.3 is 4.57 Å². The zero-order valence-electron chi connectivity index (χ0n) is 13.0. The molecule has 24 heavy (non-hydrogen) atoms. The molecule has 0 saturated carbocycles. The van der Waals surface area contributed by atoms with Crippen molar-refractivity contribution in [3.8, 4) is 0 Å². The summed E-state index contributed by atoms with van der Waals surface area (Å²) in [5, 5.41) is 13.1. The minimum absolute atomic E-state index is 0.0705. The molecule has 0 radical (unpaired) electrons. The van der Waals surface area contributed by atoms with Crippen molar-refractivity contribution >= 4 is 44.9 Å². The van der Waals surface area contributed by atoms with Crippen LogP contribution in [0.2, 0.25) is 5.02 Å². The average Bonchev–Trinajstić information content (AvgIpc) is 2.98. The number of amides is 1. The fraction of sp³-hybridized carbons (Fsp3) is 0.250. The van der Waals surface area contributed by atoms with Crippen LogP contribution < -0.4 is 10.7 Å². The Hall–Kier alpha value is -2.25. The first kappa shape index (κ1) is 16.6. The van der Waals surface area contributed by atoms with Crippen LogP contribution in [-0.4, -0.2) is 20.7 Å². The SMILES string of the molecule is CCCc1nnc(NC(=O)Cn2ccc(=O)c3cc(Cl)ccc32)s1. The van der Waals surface area contributed by atoms with E-state index < -0.39 is 0 Å². The lowest BCUT2D eigenvalue weighted by atomic mass is 10.2. The topological polar surface area (TPSA) is 76.9 Å². The first-order valence-corrected chi connectivity index (χ1v) is 8.67. The Morgan fingerprint density at radius 2 is 2.17 bits per heavy atom. The third kappa shape index (κ3) is 3.63. The monoisotopic (exact) mass is 362 g/mol. The molecule has 0 bridgehead atoms. The predicted molar refractivity (Wildman–Crippen MR) is 95.8 cm³/mol. The van der Waals surface area contributed by atoms with Crippen LogP contribution >= 0.6 is 22.9 Å². The van der Waals surface area contributed by atoms with Crippen molar-refractivity contribution in [3.05, 3.63) is 50.7 Å². The second-order valence-electron chi connectivity index (χ2n) is 5.27. The molecule has 0 aliphatic heterocycles. The molecule has 8 heteroatoms. The third-order valence-electron chi connectivity index (χ3n) is 3.43. The van der Waals surface area contributed by atoms with E-state index in [0.29, 0.717) is 21.1 Å². The zero-order chi connectivity index (χ0) is 17.1. The maximum atomic E-state index is 12.2. The normalized spacial score (nSPS) is 10.9. The van der Waals surface area contributed by atoms with Gasteiger partial charge in [0.2, 0.25) is 11.0 Å². The number of fused-ring (bicyclic) bond motifs is 1. The third-order valence-corrected chi connectivity index (χ3v) is 4.56. The number of anilines is 1. The number of pyridine rings is 1. The molecule has 1 aromatic carbocycles. The van der Waals surface area contributed by atoms with Crippen molar-refractivity contribution in [2.24, 2.45) is 0 Å². The van der Waals surface area contributed by atoms with Gasteiger partial charge in [0.05, 0.1) is 5.52 Å². The number of aryl methyl sites for hydroxylation is 1. The number of aromatic nitrogens is 3. The highest BCUT2D eigenvalue weighted by Crippen LogP contribution is 2.18. The predicted octanol–water partition coefficient (Wildman–Crippen LogP) is 3.10. The molecule has 3 aromatic rings. The molecule has 124 valence electrons. The summed E-state index contributed by atoms with van der Waals surface area (Å²) in [5.41, 5.74) is 0.531. The molecule has 1 N–H and O–H groups in total. The second kappa shape index (κ2) is 7.11. The van der Waals surface area contributed by atoms with Gasteiger partial charge in [0.1, 0.15) is 11.6 Å². The van der Waals surface area contributed by atoms with Crippen LogP contribution in [0.1, 0.15) is 18.4 Å². The summed E-state index contributed by atoms with van der Waals surface area (Å²) >= 11 is 7.32. The average molecular weight is 363 g/mol. The second-order valence-corrected chi connectivity index (χ2v) is 6.77. The summed E-state index contributed by atoms with van der Waals surface area (Å²) < 4.78 is 1.70. The molecule has 0 atom stereocenters. The number of hydrogen-bond donors (Lipinski definition) is 1. The Labute approximate surface area is 147 Å². The number of rotatable bonds is 5. The van der Waals surface area contributed by atoms with Crippen LogP contribution in [0.4, 0.5) is 5.13 Å². The molecule has 0 fully saturated rings. The minimum atomic E-state index is -0.228. The van der Waals surface area contributed by atoms with Gasteiger partial charge in [-0.2, -0.15) is 0 Å². The van der Waals surface area contributed by atoms with E-state index in [1.807, 2.05) is 0 Å². The van der Waals surface area contributed by atoms with E-state index in [4.69, 9.17) is 11.6 Å². The summed E-state index contributed by atoms with van der Waals surface area (Å²) in [4.78, 5) is 24.2. The van der Waals surface area contributed by atoms with Gasteiger partial charge in [0.15, 0.2) is 5.43 Å². The summed E-state index contributed by atoms with van der Waals surface area (Å²) in [6.45, 7) is 2.13. The van der Waals surface area contributed by atoms with E-state index in [2.05, 4.69) is 22.4 Å². The first-order valence-electron chi connectivity index (χ1n) is 7.47. The van der Waals surface area contributed by atoms with Crippen molar-refractivity contribution in [1.82, 2.24) is 14.8 Å². The van der Waals surface area contributed by atoms with Crippen LogP contribution in [-0.2, 0) is 17.8 Å². The maximum Gasteiger partial charge on any atom is 0.246 e. The van der Waals surface area contributed by atoms with Gasteiger partial charge in [-0.05, 0) is 24.6 Å². The summed E-state index contributed by atoms with van der Waals surface area (Å²) in [6, 6.07) is 6.46. The summed E-state index contributed by atoms with van der Waals surface area (Å²) in [7, 11) is 0. The van der Waals surface area contributed by atoms with E-state index in [-0.39, 0.29) is 17.9 Å². The number of hydrogen-bond acceptors (Lipinski definition) is 5. The molecule has 0 aliphatic carbocycles. The summed E-state index contributed by atoms with van der Waals surface area (Å²) in [6.07, 6.45) is 3.42. The lowest BCUT2D eigenvalue weighted by molar-refractivity contribution is -0.116. The fourth-order valence-corrected chi connectivity index (χ4v) is 3.38. The highest BCUT2D eigenvalue weighted by Gasteiger charge is 2.10. The lowest BCUT2D eigenvalue weighted by Gasteiger charge is -2.10. The Morgan fingerprint density at radius 1 is 1.33 bits per heavy atom. The molecule has 6 nitrogen and oxygen atoms in total. The highest BCUT2D eigenvalue weighted by atomic mass is 35.5. The number of carbonyl (C=O) groups is 1. The largest absolute Gasteiger partial charge is 0.338 e. The van der Waals surface area contributed by atoms with Crippen LogP contribution in [0.5, 0.6) is 0 Å². The number of halogens is 1. The van der Waals surface area contributed by atoms with Crippen molar-refractivity contribution in [3.63, 3.8) is 0 Å². The van der Waals surface area contributed by atoms with E-state index >= 15 is 0 Å². The Morgan fingerprint density at radius 3 is 2.96 bits per heavy atom. The number of nitrogens with one attached hydrogen (secondary N) is 1. The summed E-state index contributed by atoms with van der Waals surface area (Å²) in [5.74, 6) is -0.228. The minimum Gasteiger partial charge on any atom is -0.338 e. The molecule has 0 aliphatic rings. The first-order chi connectivity index (χ1) is 11.6. The maximum absolute atomic E-state index is 12.2. The van der Waals surface area contributed by atoms with E-state index in [0.717, 1.165) is 17.8 Å². The van der Waals surface area contributed by atoms with Gasteiger partial charge in [0, 0.05) is 29.1 Å². The molecule has 2 aromatic heterocycles. The van der Waals surface area contributed by atoms with E-state index in [1.54, 1.807) is 29.0 Å². The Balaban J connectivity index is 1.80. The molecular formula is C16H15ClN4O2S. The molecule has 2 heterocycles. The fourth-order valence-electron chi connectivity index (χ4n) is 2.35. The highest BCUT2D eigenvalue weighted by molar-refractivity contribution is 7.15. The van der Waals surface area contributed by atoms with Gasteiger partial charge in [0.25, 0.3) is 0 Å². The van der Waals surface area contributed by atoms with Gasteiger partial charge in [-0.25, -0.2) is 0 Å². The van der Waals surface area contributed by atoms with Gasteiger partial charge in [-0.15, -0.1) is 10.2 Å². The number of nitrogens with zero attached hydrogens (tertiary/aromatic N) is 3. The zero-order valence-corrected chi connectivity index (χ0v) is 14.5. The van der Waals surface area contributed by atoms with Crippen LogP contribution in [0, 0.1) is 0 Å². The van der Waals surface area contributed by atoms with Gasteiger partial charge >= 0.3 is 0 Å². The Kier molecular flexibility index (Phi) is 4.92. The van der Waals surface area contributed by atoms with Gasteiger partial charge in [-0.1, -0.05) is 29.9 Å². The lowest BCUT2D eigenvalue weighted by Crippen LogP contribution is -2.20. The van der Waals surface area contributed by atoms with Crippen molar-refractivity contribution in [2.45, 2.75) is 26.3 Å². The smallest absolute Gasteiger partial charge is 0.246 e. The Bertz CT molecular complexity index is 951. The number of benzene rings is 1. The molecule has 0 unspecified atom stereocenters. The van der Waals surface area contributed by atoms with Gasteiger partial charge in [-0.3, -0.25) is 14.9 Å².